The summed E-state index contributed by atoms with van der Waals surface area (Å²) in [6.45, 7) is 3.89. The fourth-order valence-electron chi connectivity index (χ4n) is 2.41. The van der Waals surface area contributed by atoms with E-state index in [9.17, 15) is 15.1 Å². The van der Waals surface area contributed by atoms with E-state index < -0.39 is 0 Å². The summed E-state index contributed by atoms with van der Waals surface area (Å²) in [6, 6.07) is 15.5. The summed E-state index contributed by atoms with van der Waals surface area (Å²) in [6.07, 6.45) is 1.46. The molecule has 3 rings (SSSR count). The Labute approximate surface area is 143 Å². The van der Waals surface area contributed by atoms with Crippen molar-refractivity contribution in [2.75, 3.05) is 0 Å². The highest BCUT2D eigenvalue weighted by molar-refractivity contribution is 5.91. The Bertz CT molecular complexity index is 996. The van der Waals surface area contributed by atoms with Crippen molar-refractivity contribution in [2.45, 2.75) is 0 Å². The number of nitrogens with one attached hydrogen (secondary N) is 1. The lowest BCUT2D eigenvalue weighted by Gasteiger charge is -2.09. The average molecular weight is 333 g/mol. The Balaban J connectivity index is 1.83. The zero-order valence-electron chi connectivity index (χ0n) is 13.2. The second kappa shape index (κ2) is 6.84. The number of phenolic OH excluding ortho intramolecular Hbond substituents is 2. The smallest absolute Gasteiger partial charge is 0.158 e. The van der Waals surface area contributed by atoms with Crippen LogP contribution in [-0.4, -0.2) is 16.4 Å². The predicted octanol–water partition coefficient (Wildman–Crippen LogP) is 4.24. The van der Waals surface area contributed by atoms with Gasteiger partial charge in [0, 0.05) is 5.56 Å². The molecule has 0 amide bonds. The maximum absolute atomic E-state index is 11.1. The molecular formula is C19H15N3O3. The largest absolute Gasteiger partial charge is 0.504 e. The minimum Gasteiger partial charge on any atom is -0.504 e. The minimum atomic E-state index is -0.232. The van der Waals surface area contributed by atoms with Gasteiger partial charge in [-0.15, -0.1) is 4.91 Å². The molecule has 0 aliphatic carbocycles. The molecule has 3 aromatic carbocycles. The number of nitroso groups, excluding NO2 is 1. The minimum absolute atomic E-state index is 0.201. The molecule has 0 radical (unpaired) electrons. The number of phenols is 2. The molecule has 0 heterocycles. The summed E-state index contributed by atoms with van der Waals surface area (Å²) < 4.78 is 0. The molecule has 0 aliphatic rings. The van der Waals surface area contributed by atoms with E-state index in [1.54, 1.807) is 12.1 Å². The molecule has 6 nitrogen and oxygen atoms in total. The topological polar surface area (TPSA) is 94.3 Å². The van der Waals surface area contributed by atoms with Crippen molar-refractivity contribution >= 4 is 28.4 Å². The van der Waals surface area contributed by atoms with Crippen LogP contribution in [0.4, 0.5) is 5.69 Å². The number of rotatable bonds is 5. The lowest BCUT2D eigenvalue weighted by Crippen LogP contribution is -2.04. The first-order chi connectivity index (χ1) is 12.1. The number of hydrogen-bond acceptors (Lipinski definition) is 6. The first-order valence-corrected chi connectivity index (χ1v) is 7.45. The van der Waals surface area contributed by atoms with Crippen molar-refractivity contribution in [2.24, 2.45) is 10.3 Å². The maximum Gasteiger partial charge on any atom is 0.158 e. The van der Waals surface area contributed by atoms with E-state index in [2.05, 4.69) is 22.3 Å². The van der Waals surface area contributed by atoms with Gasteiger partial charge in [0.2, 0.25) is 0 Å². The van der Waals surface area contributed by atoms with E-state index >= 15 is 0 Å². The molecule has 124 valence electrons. The Hall–Kier alpha value is -3.67. The van der Waals surface area contributed by atoms with Crippen LogP contribution >= 0.6 is 0 Å². The standard InChI is InChI=1S/C19H15N3O3/c1-12(21-20-11-13-6-7-18(23)19(24)8-13)16-9-14-4-2-3-5-15(14)10-17(16)22-25/h2-11,21,23-24H,1H2/b20-11-. The quantitative estimate of drug-likeness (QED) is 0.282. The van der Waals surface area contributed by atoms with Crippen LogP contribution in [0, 0.1) is 4.91 Å². The first kappa shape index (κ1) is 16.2. The molecule has 3 N–H and O–H groups in total. The van der Waals surface area contributed by atoms with Crippen LogP contribution in [0.2, 0.25) is 0 Å². The van der Waals surface area contributed by atoms with Crippen molar-refractivity contribution in [1.82, 2.24) is 5.43 Å². The SMILES string of the molecule is C=C(N/N=C\c1ccc(O)c(O)c1)c1cc2ccccc2cc1N=O. The average Bonchev–Trinajstić information content (AvgIpc) is 2.63. The van der Waals surface area contributed by atoms with Gasteiger partial charge in [0.25, 0.3) is 0 Å². The second-order valence-corrected chi connectivity index (χ2v) is 5.40. The van der Waals surface area contributed by atoms with Crippen LogP contribution in [-0.2, 0) is 0 Å². The molecular weight excluding hydrogens is 318 g/mol. The molecule has 6 heteroatoms. The van der Waals surface area contributed by atoms with Gasteiger partial charge in [-0.1, -0.05) is 30.8 Å². The molecule has 0 bridgehead atoms. The summed E-state index contributed by atoms with van der Waals surface area (Å²) in [4.78, 5) is 11.1. The molecule has 0 saturated carbocycles. The van der Waals surface area contributed by atoms with Crippen molar-refractivity contribution < 1.29 is 10.2 Å². The summed E-state index contributed by atoms with van der Waals surface area (Å²) in [5.74, 6) is -0.433. The van der Waals surface area contributed by atoms with Gasteiger partial charge in [0.1, 0.15) is 5.69 Å². The fourth-order valence-corrected chi connectivity index (χ4v) is 2.41. The number of hydrogen-bond donors (Lipinski definition) is 3. The second-order valence-electron chi connectivity index (χ2n) is 5.40. The van der Waals surface area contributed by atoms with Crippen LogP contribution in [0.25, 0.3) is 16.5 Å². The van der Waals surface area contributed by atoms with E-state index in [1.165, 1.54) is 18.3 Å². The van der Waals surface area contributed by atoms with Crippen molar-refractivity contribution in [3.8, 4) is 11.5 Å². The molecule has 3 aromatic rings. The summed E-state index contributed by atoms with van der Waals surface area (Å²) in [5, 5.41) is 27.7. The van der Waals surface area contributed by atoms with Crippen LogP contribution in [0.5, 0.6) is 11.5 Å². The predicted molar refractivity (Wildman–Crippen MR) is 98.9 cm³/mol. The van der Waals surface area contributed by atoms with Crippen LogP contribution < -0.4 is 5.43 Å². The Morgan fingerprint density at radius 3 is 2.40 bits per heavy atom. The monoisotopic (exact) mass is 333 g/mol. The molecule has 0 aliphatic heterocycles. The van der Waals surface area contributed by atoms with Crippen LogP contribution in [0.1, 0.15) is 11.1 Å². The van der Waals surface area contributed by atoms with Gasteiger partial charge in [-0.3, -0.25) is 5.43 Å². The van der Waals surface area contributed by atoms with Gasteiger partial charge in [-0.2, -0.15) is 5.10 Å². The third-order valence-corrected chi connectivity index (χ3v) is 3.70. The van der Waals surface area contributed by atoms with E-state index in [0.29, 0.717) is 16.8 Å². The van der Waals surface area contributed by atoms with Gasteiger partial charge in [-0.25, -0.2) is 0 Å². The summed E-state index contributed by atoms with van der Waals surface area (Å²) >= 11 is 0. The Morgan fingerprint density at radius 1 is 1.00 bits per heavy atom. The molecule has 0 saturated heterocycles. The molecule has 0 fully saturated rings. The molecule has 25 heavy (non-hydrogen) atoms. The number of hydrazone groups is 1. The van der Waals surface area contributed by atoms with Gasteiger partial charge in [0.05, 0.1) is 11.9 Å². The van der Waals surface area contributed by atoms with Crippen molar-refractivity contribution in [3.63, 3.8) is 0 Å². The highest BCUT2D eigenvalue weighted by Gasteiger charge is 2.08. The van der Waals surface area contributed by atoms with E-state index in [1.807, 2.05) is 30.3 Å². The van der Waals surface area contributed by atoms with Gasteiger partial charge in [0.15, 0.2) is 11.5 Å². The third kappa shape index (κ3) is 3.48. The zero-order valence-corrected chi connectivity index (χ0v) is 13.2. The summed E-state index contributed by atoms with van der Waals surface area (Å²) in [5.41, 5.74) is 4.58. The Morgan fingerprint density at radius 2 is 1.72 bits per heavy atom. The number of benzene rings is 3. The van der Waals surface area contributed by atoms with Crippen molar-refractivity contribution in [1.29, 1.82) is 0 Å². The van der Waals surface area contributed by atoms with Crippen LogP contribution in [0.15, 0.2) is 71.5 Å². The normalized spacial score (nSPS) is 10.9. The third-order valence-electron chi connectivity index (χ3n) is 3.70. The Kier molecular flexibility index (Phi) is 4.43. The van der Waals surface area contributed by atoms with E-state index in [4.69, 9.17) is 0 Å². The zero-order chi connectivity index (χ0) is 17.8. The van der Waals surface area contributed by atoms with E-state index in [-0.39, 0.29) is 17.2 Å². The highest BCUT2D eigenvalue weighted by Crippen LogP contribution is 2.30. The molecule has 0 unspecified atom stereocenters. The molecule has 0 atom stereocenters. The fraction of sp³-hybridized carbons (Fsp3) is 0. The van der Waals surface area contributed by atoms with Crippen molar-refractivity contribution in [3.05, 3.63) is 77.2 Å². The lowest BCUT2D eigenvalue weighted by molar-refractivity contribution is 0.403. The molecule has 0 aromatic heterocycles. The lowest BCUT2D eigenvalue weighted by atomic mass is 10.0. The highest BCUT2D eigenvalue weighted by atomic mass is 16.3. The number of nitrogens with zero attached hydrogens (tertiary/aromatic N) is 2. The maximum atomic E-state index is 11.1. The summed E-state index contributed by atoms with van der Waals surface area (Å²) in [7, 11) is 0. The number of aromatic hydroxyl groups is 2. The van der Waals surface area contributed by atoms with Gasteiger partial charge >= 0.3 is 0 Å². The van der Waals surface area contributed by atoms with Gasteiger partial charge in [-0.05, 0) is 51.8 Å². The molecule has 0 spiro atoms. The first-order valence-electron chi connectivity index (χ1n) is 7.45. The van der Waals surface area contributed by atoms with E-state index in [0.717, 1.165) is 10.8 Å². The van der Waals surface area contributed by atoms with Gasteiger partial charge < -0.3 is 10.2 Å². The number of fused-ring (bicyclic) bond motifs is 1. The van der Waals surface area contributed by atoms with Crippen LogP contribution in [0.3, 0.4) is 0 Å².